The van der Waals surface area contributed by atoms with Gasteiger partial charge >= 0.3 is 5.97 Å². The summed E-state index contributed by atoms with van der Waals surface area (Å²) in [7, 11) is 0. The van der Waals surface area contributed by atoms with Crippen LogP contribution in [-0.2, 0) is 16.1 Å². The van der Waals surface area contributed by atoms with Crippen LogP contribution in [0.4, 0.5) is 0 Å². The molecule has 2 amide bonds. The maximum Gasteiger partial charge on any atom is 0.325 e. The van der Waals surface area contributed by atoms with E-state index in [1.165, 1.54) is 6.92 Å². The summed E-state index contributed by atoms with van der Waals surface area (Å²) in [6, 6.07) is 5.95. The Labute approximate surface area is 122 Å². The molecule has 1 aliphatic rings. The van der Waals surface area contributed by atoms with Gasteiger partial charge in [0.25, 0.3) is 5.91 Å². The van der Waals surface area contributed by atoms with Gasteiger partial charge in [-0.25, -0.2) is 0 Å². The third-order valence-corrected chi connectivity index (χ3v) is 3.45. The molecule has 0 aromatic heterocycles. The second-order valence-corrected chi connectivity index (χ2v) is 5.15. The van der Waals surface area contributed by atoms with Crippen LogP contribution in [0.1, 0.15) is 35.7 Å². The molecule has 0 unspecified atom stereocenters. The summed E-state index contributed by atoms with van der Waals surface area (Å²) in [5, 5.41) is 11.2. The average Bonchev–Trinajstić information content (AvgIpc) is 2.84. The van der Waals surface area contributed by atoms with E-state index in [0.717, 1.165) is 18.5 Å². The lowest BCUT2D eigenvalue weighted by Crippen LogP contribution is -2.38. The Morgan fingerprint density at radius 3 is 2.81 bits per heavy atom. The summed E-state index contributed by atoms with van der Waals surface area (Å²) in [6.07, 6.45) is 1.45. The zero-order chi connectivity index (χ0) is 15.4. The molecule has 0 radical (unpaired) electrons. The summed E-state index contributed by atoms with van der Waals surface area (Å²) in [5.41, 5.74) is 1.26. The van der Waals surface area contributed by atoms with Crippen molar-refractivity contribution in [3.05, 3.63) is 35.4 Å². The van der Waals surface area contributed by atoms with E-state index in [1.54, 1.807) is 23.1 Å². The molecule has 21 heavy (non-hydrogen) atoms. The minimum atomic E-state index is -1.08. The monoisotopic (exact) mass is 290 g/mol. The topological polar surface area (TPSA) is 86.7 Å². The minimum Gasteiger partial charge on any atom is -0.480 e. The fourth-order valence-electron chi connectivity index (χ4n) is 2.24. The normalized spacial score (nSPS) is 15.9. The van der Waals surface area contributed by atoms with Gasteiger partial charge in [0.2, 0.25) is 5.91 Å². The predicted molar refractivity (Wildman–Crippen MR) is 75.7 cm³/mol. The molecule has 1 atom stereocenters. The van der Waals surface area contributed by atoms with Crippen LogP contribution in [0.5, 0.6) is 0 Å². The molecule has 1 heterocycles. The largest absolute Gasteiger partial charge is 0.480 e. The first-order chi connectivity index (χ1) is 9.97. The van der Waals surface area contributed by atoms with Gasteiger partial charge in [0.1, 0.15) is 6.04 Å². The van der Waals surface area contributed by atoms with Gasteiger partial charge in [0.15, 0.2) is 0 Å². The van der Waals surface area contributed by atoms with Crippen LogP contribution >= 0.6 is 0 Å². The molecule has 1 aromatic rings. The summed E-state index contributed by atoms with van der Waals surface area (Å²) < 4.78 is 0. The fourth-order valence-corrected chi connectivity index (χ4v) is 2.24. The number of nitrogens with zero attached hydrogens (tertiary/aromatic N) is 1. The number of carboxylic acids is 1. The van der Waals surface area contributed by atoms with Crippen molar-refractivity contribution in [2.24, 2.45) is 0 Å². The average molecular weight is 290 g/mol. The molecular weight excluding hydrogens is 272 g/mol. The highest BCUT2D eigenvalue weighted by Crippen LogP contribution is 2.15. The van der Waals surface area contributed by atoms with E-state index in [0.29, 0.717) is 18.5 Å². The van der Waals surface area contributed by atoms with Gasteiger partial charge in [0, 0.05) is 25.1 Å². The van der Waals surface area contributed by atoms with Crippen LogP contribution in [0, 0.1) is 0 Å². The Bertz CT molecular complexity index is 571. The van der Waals surface area contributed by atoms with Crippen molar-refractivity contribution in [1.82, 2.24) is 10.2 Å². The van der Waals surface area contributed by atoms with Gasteiger partial charge in [-0.15, -0.1) is 0 Å². The SMILES string of the molecule is C[C@H](NC(=O)c1cccc(CN2CCCC2=O)c1)C(=O)O. The summed E-state index contributed by atoms with van der Waals surface area (Å²) in [6.45, 7) is 2.63. The van der Waals surface area contributed by atoms with Gasteiger partial charge in [-0.05, 0) is 31.0 Å². The van der Waals surface area contributed by atoms with Crippen molar-refractivity contribution in [3.8, 4) is 0 Å². The Morgan fingerprint density at radius 1 is 1.43 bits per heavy atom. The number of likely N-dealkylation sites (tertiary alicyclic amines) is 1. The van der Waals surface area contributed by atoms with Crippen LogP contribution in [0.2, 0.25) is 0 Å². The van der Waals surface area contributed by atoms with Crippen LogP contribution in [0.25, 0.3) is 0 Å². The van der Waals surface area contributed by atoms with Crippen LogP contribution < -0.4 is 5.32 Å². The van der Waals surface area contributed by atoms with Gasteiger partial charge in [-0.1, -0.05) is 12.1 Å². The maximum atomic E-state index is 12.0. The molecular formula is C15H18N2O4. The number of benzene rings is 1. The molecule has 1 fully saturated rings. The zero-order valence-electron chi connectivity index (χ0n) is 11.8. The Morgan fingerprint density at radius 2 is 2.19 bits per heavy atom. The van der Waals surface area contributed by atoms with Gasteiger partial charge < -0.3 is 15.3 Å². The number of carbonyl (C=O) groups is 3. The molecule has 0 spiro atoms. The third-order valence-electron chi connectivity index (χ3n) is 3.45. The molecule has 6 heteroatoms. The van der Waals surface area contributed by atoms with E-state index in [4.69, 9.17) is 5.11 Å². The molecule has 1 saturated heterocycles. The lowest BCUT2D eigenvalue weighted by atomic mass is 10.1. The first kappa shape index (κ1) is 15.0. The number of nitrogens with one attached hydrogen (secondary N) is 1. The van der Waals surface area contributed by atoms with Gasteiger partial charge in [-0.2, -0.15) is 0 Å². The summed E-state index contributed by atoms with van der Waals surface area (Å²) in [4.78, 5) is 36.1. The Balaban J connectivity index is 2.05. The quantitative estimate of drug-likeness (QED) is 0.847. The van der Waals surface area contributed by atoms with Crippen molar-refractivity contribution in [2.45, 2.75) is 32.4 Å². The van der Waals surface area contributed by atoms with Crippen LogP contribution in [0.3, 0.4) is 0 Å². The number of amides is 2. The molecule has 112 valence electrons. The number of carbonyl (C=O) groups excluding carboxylic acids is 2. The minimum absolute atomic E-state index is 0.129. The van der Waals surface area contributed by atoms with E-state index < -0.39 is 17.9 Å². The number of carboxylic acid groups (broad SMARTS) is 1. The van der Waals surface area contributed by atoms with Crippen LogP contribution in [-0.4, -0.2) is 40.4 Å². The highest BCUT2D eigenvalue weighted by molar-refractivity contribution is 5.96. The van der Waals surface area contributed by atoms with E-state index in [9.17, 15) is 14.4 Å². The lowest BCUT2D eigenvalue weighted by molar-refractivity contribution is -0.138. The van der Waals surface area contributed by atoms with E-state index in [2.05, 4.69) is 5.32 Å². The summed E-state index contributed by atoms with van der Waals surface area (Å²) >= 11 is 0. The van der Waals surface area contributed by atoms with Crippen molar-refractivity contribution in [1.29, 1.82) is 0 Å². The Kier molecular flexibility index (Phi) is 4.57. The molecule has 6 nitrogen and oxygen atoms in total. The summed E-state index contributed by atoms with van der Waals surface area (Å²) in [5.74, 6) is -1.38. The van der Waals surface area contributed by atoms with E-state index in [1.807, 2.05) is 6.07 Å². The highest BCUT2D eigenvalue weighted by atomic mass is 16.4. The van der Waals surface area contributed by atoms with Crippen molar-refractivity contribution in [2.75, 3.05) is 6.54 Å². The molecule has 2 N–H and O–H groups in total. The van der Waals surface area contributed by atoms with Crippen molar-refractivity contribution >= 4 is 17.8 Å². The molecule has 0 saturated carbocycles. The maximum absolute atomic E-state index is 12.0. The second kappa shape index (κ2) is 6.39. The van der Waals surface area contributed by atoms with Crippen LogP contribution in [0.15, 0.2) is 24.3 Å². The van der Waals surface area contributed by atoms with E-state index >= 15 is 0 Å². The van der Waals surface area contributed by atoms with Crippen molar-refractivity contribution in [3.63, 3.8) is 0 Å². The molecule has 0 bridgehead atoms. The zero-order valence-corrected chi connectivity index (χ0v) is 11.8. The first-order valence-corrected chi connectivity index (χ1v) is 6.88. The third kappa shape index (κ3) is 3.81. The molecule has 0 aliphatic carbocycles. The number of hydrogen-bond donors (Lipinski definition) is 2. The van der Waals surface area contributed by atoms with Crippen molar-refractivity contribution < 1.29 is 19.5 Å². The van der Waals surface area contributed by atoms with E-state index in [-0.39, 0.29) is 5.91 Å². The van der Waals surface area contributed by atoms with Gasteiger partial charge in [-0.3, -0.25) is 14.4 Å². The molecule has 1 aromatic carbocycles. The molecule has 1 aliphatic heterocycles. The fraction of sp³-hybridized carbons (Fsp3) is 0.400. The smallest absolute Gasteiger partial charge is 0.325 e. The standard InChI is InChI=1S/C15H18N2O4/c1-10(15(20)21)16-14(19)12-5-2-4-11(8-12)9-17-7-3-6-13(17)18/h2,4-5,8,10H,3,6-7,9H2,1H3,(H,16,19)(H,20,21)/t10-/m0/s1. The second-order valence-electron chi connectivity index (χ2n) is 5.15. The molecule has 2 rings (SSSR count). The lowest BCUT2D eigenvalue weighted by Gasteiger charge is -2.16. The number of aliphatic carboxylic acids is 1. The Hall–Kier alpha value is -2.37. The predicted octanol–water partition coefficient (Wildman–Crippen LogP) is 1.01. The number of rotatable bonds is 5. The van der Waals surface area contributed by atoms with Gasteiger partial charge in [0.05, 0.1) is 0 Å². The first-order valence-electron chi connectivity index (χ1n) is 6.88. The highest BCUT2D eigenvalue weighted by Gasteiger charge is 2.20. The number of hydrogen-bond acceptors (Lipinski definition) is 3.